The van der Waals surface area contributed by atoms with Gasteiger partial charge in [-0.05, 0) is 31.0 Å². The van der Waals surface area contributed by atoms with E-state index in [1.165, 1.54) is 11.8 Å². The van der Waals surface area contributed by atoms with Crippen LogP contribution in [0, 0.1) is 0 Å². The molecule has 5 nitrogen and oxygen atoms in total. The number of sulfonamides is 1. The van der Waals surface area contributed by atoms with E-state index in [9.17, 15) is 8.42 Å². The molecule has 0 saturated heterocycles. The lowest BCUT2D eigenvalue weighted by molar-refractivity contribution is 0.282. The topological polar surface area (TPSA) is 92.4 Å². The van der Waals surface area contributed by atoms with Crippen molar-refractivity contribution >= 4 is 27.5 Å². The van der Waals surface area contributed by atoms with Crippen LogP contribution in [0.4, 0.5) is 5.69 Å². The van der Waals surface area contributed by atoms with Crippen LogP contribution in [0.2, 0.25) is 0 Å². The summed E-state index contributed by atoms with van der Waals surface area (Å²) in [7, 11) is -3.21. The predicted octanol–water partition coefficient (Wildman–Crippen LogP) is 1.83. The van der Waals surface area contributed by atoms with E-state index in [2.05, 4.69) is 4.72 Å². The van der Waals surface area contributed by atoms with Gasteiger partial charge in [-0.15, -0.1) is 11.8 Å². The molecule has 0 radical (unpaired) electrons. The number of hydrogen-bond acceptors (Lipinski definition) is 5. The van der Waals surface area contributed by atoms with Crippen LogP contribution in [0.5, 0.6) is 0 Å². The molecule has 0 aliphatic heterocycles. The van der Waals surface area contributed by atoms with E-state index < -0.39 is 10.0 Å². The van der Waals surface area contributed by atoms with Crippen molar-refractivity contribution in [2.75, 3.05) is 30.4 Å². The summed E-state index contributed by atoms with van der Waals surface area (Å²) >= 11 is 1.48. The summed E-state index contributed by atoms with van der Waals surface area (Å²) in [5.74, 6) is 0.604. The van der Waals surface area contributed by atoms with E-state index in [1.54, 1.807) is 6.07 Å². The molecule has 0 atom stereocenters. The van der Waals surface area contributed by atoms with Gasteiger partial charge in [0.2, 0.25) is 10.0 Å². The van der Waals surface area contributed by atoms with Crippen LogP contribution < -0.4 is 10.5 Å². The maximum atomic E-state index is 11.8. The van der Waals surface area contributed by atoms with E-state index in [-0.39, 0.29) is 12.4 Å². The molecule has 120 valence electrons. The third-order valence-corrected chi connectivity index (χ3v) is 5.53. The first kappa shape index (κ1) is 18.3. The first-order valence-electron chi connectivity index (χ1n) is 7.10. The molecule has 0 aliphatic carbocycles. The average Bonchev–Trinajstić information content (AvgIpc) is 2.42. The standard InChI is InChI=1S/C14H24N2O3S2/c15-13-6-5-7-14(12-13)20-10-11-21(18,19)16-8-3-1-2-4-9-17/h5-7,12,16-17H,1-4,8-11,15H2. The molecule has 0 unspecified atom stereocenters. The summed E-state index contributed by atoms with van der Waals surface area (Å²) < 4.78 is 26.2. The Hall–Kier alpha value is -0.760. The van der Waals surface area contributed by atoms with Gasteiger partial charge in [-0.25, -0.2) is 13.1 Å². The number of unbranched alkanes of at least 4 members (excludes halogenated alkanes) is 3. The van der Waals surface area contributed by atoms with Crippen LogP contribution in [-0.4, -0.2) is 38.2 Å². The van der Waals surface area contributed by atoms with Gasteiger partial charge in [0.05, 0.1) is 5.75 Å². The van der Waals surface area contributed by atoms with Crippen molar-refractivity contribution in [2.24, 2.45) is 0 Å². The summed E-state index contributed by atoms with van der Waals surface area (Å²) in [6, 6.07) is 7.42. The molecule has 0 spiro atoms. The second kappa shape index (κ2) is 10.0. The highest BCUT2D eigenvalue weighted by molar-refractivity contribution is 8.00. The number of hydrogen-bond donors (Lipinski definition) is 3. The highest BCUT2D eigenvalue weighted by Crippen LogP contribution is 2.20. The number of benzene rings is 1. The molecule has 0 fully saturated rings. The third-order valence-electron chi connectivity index (χ3n) is 2.89. The Kier molecular flexibility index (Phi) is 8.75. The van der Waals surface area contributed by atoms with Crippen LogP contribution >= 0.6 is 11.8 Å². The van der Waals surface area contributed by atoms with Crippen molar-refractivity contribution in [2.45, 2.75) is 30.6 Å². The Morgan fingerprint density at radius 1 is 1.19 bits per heavy atom. The minimum absolute atomic E-state index is 0.100. The maximum absolute atomic E-state index is 11.8. The fraction of sp³-hybridized carbons (Fsp3) is 0.571. The van der Waals surface area contributed by atoms with Crippen LogP contribution in [0.25, 0.3) is 0 Å². The number of thioether (sulfide) groups is 1. The van der Waals surface area contributed by atoms with Gasteiger partial charge in [-0.3, -0.25) is 0 Å². The Morgan fingerprint density at radius 2 is 1.95 bits per heavy atom. The zero-order chi connectivity index (χ0) is 15.6. The fourth-order valence-corrected chi connectivity index (χ4v) is 4.20. The van der Waals surface area contributed by atoms with Crippen LogP contribution in [0.1, 0.15) is 25.7 Å². The van der Waals surface area contributed by atoms with E-state index >= 15 is 0 Å². The molecule has 0 amide bonds. The molecule has 1 rings (SSSR count). The first-order valence-corrected chi connectivity index (χ1v) is 9.74. The number of nitrogens with two attached hydrogens (primary N) is 1. The Morgan fingerprint density at radius 3 is 2.67 bits per heavy atom. The molecule has 0 aliphatic rings. The number of aliphatic hydroxyl groups excluding tert-OH is 1. The highest BCUT2D eigenvalue weighted by Gasteiger charge is 2.09. The molecule has 0 saturated carbocycles. The second-order valence-electron chi connectivity index (χ2n) is 4.77. The predicted molar refractivity (Wildman–Crippen MR) is 88.9 cm³/mol. The molecular formula is C14H24N2O3S2. The first-order chi connectivity index (χ1) is 10.0. The Labute approximate surface area is 131 Å². The number of nitrogens with one attached hydrogen (secondary N) is 1. The van der Waals surface area contributed by atoms with Crippen LogP contribution in [0.15, 0.2) is 29.2 Å². The van der Waals surface area contributed by atoms with E-state index in [4.69, 9.17) is 10.8 Å². The molecular weight excluding hydrogens is 308 g/mol. The van der Waals surface area contributed by atoms with Crippen molar-refractivity contribution in [1.29, 1.82) is 0 Å². The minimum Gasteiger partial charge on any atom is -0.399 e. The molecule has 0 aromatic heterocycles. The summed E-state index contributed by atoms with van der Waals surface area (Å²) in [5.41, 5.74) is 6.36. The quantitative estimate of drug-likeness (QED) is 0.327. The lowest BCUT2D eigenvalue weighted by Gasteiger charge is -2.07. The van der Waals surface area contributed by atoms with Crippen molar-refractivity contribution in [1.82, 2.24) is 4.72 Å². The average molecular weight is 332 g/mol. The van der Waals surface area contributed by atoms with Gasteiger partial charge < -0.3 is 10.8 Å². The van der Waals surface area contributed by atoms with Gasteiger partial charge in [0.25, 0.3) is 0 Å². The molecule has 21 heavy (non-hydrogen) atoms. The monoisotopic (exact) mass is 332 g/mol. The Balaban J connectivity index is 2.17. The van der Waals surface area contributed by atoms with Gasteiger partial charge in [0.15, 0.2) is 0 Å². The summed E-state index contributed by atoms with van der Waals surface area (Å²) in [6.07, 6.45) is 3.45. The number of anilines is 1. The van der Waals surface area contributed by atoms with Crippen LogP contribution in [0.3, 0.4) is 0 Å². The summed E-state index contributed by atoms with van der Waals surface area (Å²) in [6.45, 7) is 0.670. The smallest absolute Gasteiger partial charge is 0.212 e. The maximum Gasteiger partial charge on any atom is 0.212 e. The van der Waals surface area contributed by atoms with E-state index in [1.807, 2.05) is 18.2 Å². The largest absolute Gasteiger partial charge is 0.399 e. The Bertz CT molecular complexity index is 507. The van der Waals surface area contributed by atoms with E-state index in [0.29, 0.717) is 18.0 Å². The van der Waals surface area contributed by atoms with Gasteiger partial charge in [0.1, 0.15) is 0 Å². The zero-order valence-electron chi connectivity index (χ0n) is 12.1. The van der Waals surface area contributed by atoms with Crippen molar-refractivity contribution in [3.05, 3.63) is 24.3 Å². The fourth-order valence-electron chi connectivity index (χ4n) is 1.76. The minimum atomic E-state index is -3.21. The molecule has 0 bridgehead atoms. The second-order valence-corrected chi connectivity index (χ2v) is 7.87. The summed E-state index contributed by atoms with van der Waals surface area (Å²) in [5, 5.41) is 8.64. The van der Waals surface area contributed by atoms with E-state index in [0.717, 1.165) is 30.6 Å². The zero-order valence-corrected chi connectivity index (χ0v) is 13.8. The SMILES string of the molecule is Nc1cccc(SCCS(=O)(=O)NCCCCCCO)c1. The highest BCUT2D eigenvalue weighted by atomic mass is 32.2. The molecule has 7 heteroatoms. The van der Waals surface area contributed by atoms with Crippen molar-refractivity contribution in [3.8, 4) is 0 Å². The van der Waals surface area contributed by atoms with Gasteiger partial charge in [-0.1, -0.05) is 18.9 Å². The number of nitrogen functional groups attached to an aromatic ring is 1. The van der Waals surface area contributed by atoms with Crippen molar-refractivity contribution < 1.29 is 13.5 Å². The number of rotatable bonds is 11. The molecule has 0 heterocycles. The van der Waals surface area contributed by atoms with Crippen LogP contribution in [-0.2, 0) is 10.0 Å². The van der Waals surface area contributed by atoms with Gasteiger partial charge in [-0.2, -0.15) is 0 Å². The lowest BCUT2D eigenvalue weighted by Crippen LogP contribution is -2.28. The van der Waals surface area contributed by atoms with Gasteiger partial charge in [0, 0.05) is 29.5 Å². The normalized spacial score (nSPS) is 11.7. The number of aliphatic hydroxyl groups is 1. The molecule has 1 aromatic carbocycles. The van der Waals surface area contributed by atoms with Crippen molar-refractivity contribution in [3.63, 3.8) is 0 Å². The molecule has 4 N–H and O–H groups in total. The summed E-state index contributed by atoms with van der Waals surface area (Å²) in [4.78, 5) is 0.981. The van der Waals surface area contributed by atoms with Gasteiger partial charge >= 0.3 is 0 Å². The molecule has 1 aromatic rings. The third kappa shape index (κ3) is 8.98. The lowest BCUT2D eigenvalue weighted by atomic mass is 10.2.